The Kier molecular flexibility index (Phi) is 5.17. The molecule has 0 radical (unpaired) electrons. The SMILES string of the molecule is CCCCC(=Cc1ccccc1C)c1ccccc1C. The minimum absolute atomic E-state index is 1.15. The molecule has 0 amide bonds. The molecular weight excluding hydrogens is 240 g/mol. The molecule has 0 aliphatic rings. The van der Waals surface area contributed by atoms with E-state index in [2.05, 4.69) is 75.4 Å². The summed E-state index contributed by atoms with van der Waals surface area (Å²) in [5, 5.41) is 0. The first-order valence-corrected chi connectivity index (χ1v) is 7.54. The Bertz CT molecular complexity index is 590. The summed E-state index contributed by atoms with van der Waals surface area (Å²) in [7, 11) is 0. The molecule has 2 aromatic rings. The normalized spacial score (nSPS) is 11.7. The standard InChI is InChI=1S/C20H24/c1-4-5-12-19(20-14-9-7-11-17(20)3)15-18-13-8-6-10-16(18)2/h6-11,13-15H,4-5,12H2,1-3H3. The van der Waals surface area contributed by atoms with Crippen molar-refractivity contribution in [3.05, 3.63) is 70.8 Å². The van der Waals surface area contributed by atoms with Crippen LogP contribution < -0.4 is 0 Å². The zero-order chi connectivity index (χ0) is 14.4. The third kappa shape index (κ3) is 3.60. The molecule has 0 unspecified atom stereocenters. The number of allylic oxidation sites excluding steroid dienone is 1. The van der Waals surface area contributed by atoms with E-state index < -0.39 is 0 Å². The molecule has 0 heterocycles. The lowest BCUT2D eigenvalue weighted by molar-refractivity contribution is 0.825. The summed E-state index contributed by atoms with van der Waals surface area (Å²) < 4.78 is 0. The molecule has 0 heteroatoms. The van der Waals surface area contributed by atoms with E-state index in [-0.39, 0.29) is 0 Å². The lowest BCUT2D eigenvalue weighted by atomic mass is 9.93. The largest absolute Gasteiger partial charge is 0.0654 e. The van der Waals surface area contributed by atoms with Crippen LogP contribution in [0.5, 0.6) is 0 Å². The summed E-state index contributed by atoms with van der Waals surface area (Å²) in [6.45, 7) is 6.64. The molecule has 0 atom stereocenters. The van der Waals surface area contributed by atoms with Gasteiger partial charge in [-0.05, 0) is 54.5 Å². The molecule has 20 heavy (non-hydrogen) atoms. The highest BCUT2D eigenvalue weighted by molar-refractivity contribution is 5.83. The molecule has 0 fully saturated rings. The number of unbranched alkanes of at least 4 members (excludes halogenated alkanes) is 1. The Labute approximate surface area is 123 Å². The van der Waals surface area contributed by atoms with Crippen molar-refractivity contribution in [3.8, 4) is 0 Å². The van der Waals surface area contributed by atoms with E-state index in [0.29, 0.717) is 0 Å². The number of aryl methyl sites for hydroxylation is 2. The molecule has 0 N–H and O–H groups in total. The fraction of sp³-hybridized carbons (Fsp3) is 0.300. The van der Waals surface area contributed by atoms with Crippen molar-refractivity contribution >= 4 is 11.6 Å². The number of hydrogen-bond donors (Lipinski definition) is 0. The summed E-state index contributed by atoms with van der Waals surface area (Å²) in [6.07, 6.45) is 5.99. The second-order valence-corrected chi connectivity index (χ2v) is 5.44. The van der Waals surface area contributed by atoms with Crippen LogP contribution in [-0.4, -0.2) is 0 Å². The number of benzene rings is 2. The first kappa shape index (κ1) is 14.6. The third-order valence-corrected chi connectivity index (χ3v) is 3.81. The van der Waals surface area contributed by atoms with Gasteiger partial charge in [-0.25, -0.2) is 0 Å². The fourth-order valence-corrected chi connectivity index (χ4v) is 2.52. The summed E-state index contributed by atoms with van der Waals surface area (Å²) in [5.41, 5.74) is 6.89. The van der Waals surface area contributed by atoms with Crippen LogP contribution >= 0.6 is 0 Å². The summed E-state index contributed by atoms with van der Waals surface area (Å²) in [5.74, 6) is 0. The lowest BCUT2D eigenvalue weighted by Gasteiger charge is -2.12. The first-order valence-electron chi connectivity index (χ1n) is 7.54. The molecular formula is C20H24. The quantitative estimate of drug-likeness (QED) is 0.578. The predicted octanol–water partition coefficient (Wildman–Crippen LogP) is 6.03. The van der Waals surface area contributed by atoms with E-state index in [1.165, 1.54) is 40.7 Å². The average Bonchev–Trinajstić information content (AvgIpc) is 2.46. The number of hydrogen-bond acceptors (Lipinski definition) is 0. The van der Waals surface area contributed by atoms with Gasteiger partial charge in [0.15, 0.2) is 0 Å². The molecule has 0 bridgehead atoms. The van der Waals surface area contributed by atoms with Crippen LogP contribution in [0.25, 0.3) is 11.6 Å². The van der Waals surface area contributed by atoms with Crippen molar-refractivity contribution in [1.29, 1.82) is 0 Å². The van der Waals surface area contributed by atoms with Crippen molar-refractivity contribution < 1.29 is 0 Å². The van der Waals surface area contributed by atoms with E-state index in [0.717, 1.165) is 6.42 Å². The highest BCUT2D eigenvalue weighted by Gasteiger charge is 2.05. The number of rotatable bonds is 5. The van der Waals surface area contributed by atoms with E-state index in [1.54, 1.807) is 0 Å². The molecule has 0 spiro atoms. The van der Waals surface area contributed by atoms with Crippen molar-refractivity contribution in [1.82, 2.24) is 0 Å². The molecule has 0 saturated carbocycles. The van der Waals surface area contributed by atoms with Gasteiger partial charge in [0.2, 0.25) is 0 Å². The average molecular weight is 264 g/mol. The monoisotopic (exact) mass is 264 g/mol. The second kappa shape index (κ2) is 7.09. The third-order valence-electron chi connectivity index (χ3n) is 3.81. The van der Waals surface area contributed by atoms with E-state index in [4.69, 9.17) is 0 Å². The molecule has 2 rings (SSSR count). The Hall–Kier alpha value is -1.82. The van der Waals surface area contributed by atoms with Crippen LogP contribution in [0, 0.1) is 13.8 Å². The highest BCUT2D eigenvalue weighted by Crippen LogP contribution is 2.27. The second-order valence-electron chi connectivity index (χ2n) is 5.44. The summed E-state index contributed by atoms with van der Waals surface area (Å²) in [6, 6.07) is 17.3. The zero-order valence-electron chi connectivity index (χ0n) is 12.8. The molecule has 104 valence electrons. The predicted molar refractivity (Wildman–Crippen MR) is 89.8 cm³/mol. The van der Waals surface area contributed by atoms with Gasteiger partial charge in [-0.15, -0.1) is 0 Å². The maximum absolute atomic E-state index is 2.37. The van der Waals surface area contributed by atoms with Gasteiger partial charge in [0.05, 0.1) is 0 Å². The molecule has 0 aliphatic carbocycles. The fourth-order valence-electron chi connectivity index (χ4n) is 2.52. The van der Waals surface area contributed by atoms with Crippen LogP contribution in [-0.2, 0) is 0 Å². The van der Waals surface area contributed by atoms with Crippen molar-refractivity contribution in [3.63, 3.8) is 0 Å². The Morgan fingerprint density at radius 2 is 1.55 bits per heavy atom. The van der Waals surface area contributed by atoms with Gasteiger partial charge >= 0.3 is 0 Å². The minimum atomic E-state index is 1.15. The van der Waals surface area contributed by atoms with E-state index >= 15 is 0 Å². The first-order chi connectivity index (χ1) is 9.72. The van der Waals surface area contributed by atoms with Crippen molar-refractivity contribution in [2.75, 3.05) is 0 Å². The lowest BCUT2D eigenvalue weighted by Crippen LogP contribution is -1.90. The Balaban J connectivity index is 2.43. The van der Waals surface area contributed by atoms with Crippen LogP contribution in [0.1, 0.15) is 48.4 Å². The van der Waals surface area contributed by atoms with Crippen molar-refractivity contribution in [2.24, 2.45) is 0 Å². The van der Waals surface area contributed by atoms with Gasteiger partial charge in [-0.1, -0.05) is 68.0 Å². The van der Waals surface area contributed by atoms with Crippen LogP contribution in [0.4, 0.5) is 0 Å². The molecule has 0 aromatic heterocycles. The van der Waals surface area contributed by atoms with Gasteiger partial charge in [0.25, 0.3) is 0 Å². The Morgan fingerprint density at radius 3 is 2.20 bits per heavy atom. The van der Waals surface area contributed by atoms with Gasteiger partial charge in [0, 0.05) is 0 Å². The van der Waals surface area contributed by atoms with E-state index in [9.17, 15) is 0 Å². The smallest absolute Gasteiger partial charge is 0.0195 e. The maximum atomic E-state index is 2.37. The molecule has 0 saturated heterocycles. The topological polar surface area (TPSA) is 0 Å². The van der Waals surface area contributed by atoms with Crippen molar-refractivity contribution in [2.45, 2.75) is 40.0 Å². The summed E-state index contributed by atoms with van der Waals surface area (Å²) >= 11 is 0. The molecule has 0 nitrogen and oxygen atoms in total. The van der Waals surface area contributed by atoms with Crippen LogP contribution in [0.3, 0.4) is 0 Å². The van der Waals surface area contributed by atoms with Gasteiger partial charge in [-0.2, -0.15) is 0 Å². The minimum Gasteiger partial charge on any atom is -0.0654 e. The van der Waals surface area contributed by atoms with E-state index in [1.807, 2.05) is 0 Å². The maximum Gasteiger partial charge on any atom is -0.0195 e. The van der Waals surface area contributed by atoms with Crippen LogP contribution in [0.15, 0.2) is 48.5 Å². The molecule has 2 aromatic carbocycles. The van der Waals surface area contributed by atoms with Gasteiger partial charge in [-0.3, -0.25) is 0 Å². The highest BCUT2D eigenvalue weighted by atomic mass is 14.1. The Morgan fingerprint density at radius 1 is 0.900 bits per heavy atom. The zero-order valence-corrected chi connectivity index (χ0v) is 12.8. The summed E-state index contributed by atoms with van der Waals surface area (Å²) in [4.78, 5) is 0. The van der Waals surface area contributed by atoms with Gasteiger partial charge in [0.1, 0.15) is 0 Å². The van der Waals surface area contributed by atoms with Gasteiger partial charge < -0.3 is 0 Å². The molecule has 0 aliphatic heterocycles. The van der Waals surface area contributed by atoms with Crippen LogP contribution in [0.2, 0.25) is 0 Å².